The first-order chi connectivity index (χ1) is 12.0. The van der Waals surface area contributed by atoms with E-state index in [9.17, 15) is 4.79 Å². The van der Waals surface area contributed by atoms with E-state index in [1.54, 1.807) is 12.1 Å². The first-order valence-corrected chi connectivity index (χ1v) is 8.98. The number of nitrogens with one attached hydrogen (secondary N) is 2. The Balaban J connectivity index is 1.61. The quantitative estimate of drug-likeness (QED) is 0.625. The number of benzene rings is 2. The smallest absolute Gasteiger partial charge is 0.308 e. The van der Waals surface area contributed by atoms with E-state index in [1.807, 2.05) is 37.3 Å². The summed E-state index contributed by atoms with van der Waals surface area (Å²) in [5, 5.41) is 15.8. The summed E-state index contributed by atoms with van der Waals surface area (Å²) in [6, 6.07) is 12.5. The second-order valence-electron chi connectivity index (χ2n) is 5.36. The molecule has 1 heterocycles. The van der Waals surface area contributed by atoms with E-state index in [2.05, 4.69) is 20.8 Å². The van der Waals surface area contributed by atoms with Crippen molar-refractivity contribution in [3.63, 3.8) is 0 Å². The zero-order valence-corrected chi connectivity index (χ0v) is 15.5. The number of hydrogen-bond donors (Lipinski definition) is 2. The number of anilines is 2. The lowest BCUT2D eigenvalue weighted by Gasteiger charge is -2.05. The van der Waals surface area contributed by atoms with Crippen LogP contribution in [0.15, 0.2) is 42.5 Å². The molecular formula is C17H14Cl2N4OS. The third kappa shape index (κ3) is 4.92. The maximum absolute atomic E-state index is 12.0. The minimum absolute atomic E-state index is 0.365. The van der Waals surface area contributed by atoms with E-state index in [0.717, 1.165) is 16.1 Å². The van der Waals surface area contributed by atoms with E-state index in [-0.39, 0.29) is 6.03 Å². The van der Waals surface area contributed by atoms with Crippen LogP contribution in [0.2, 0.25) is 10.0 Å². The molecule has 0 saturated carbocycles. The van der Waals surface area contributed by atoms with Crippen LogP contribution in [0.1, 0.15) is 16.1 Å². The van der Waals surface area contributed by atoms with Crippen molar-refractivity contribution in [1.82, 2.24) is 10.2 Å². The van der Waals surface area contributed by atoms with Crippen LogP contribution in [-0.2, 0) is 6.42 Å². The highest BCUT2D eigenvalue weighted by Gasteiger charge is 2.10. The molecule has 0 spiro atoms. The van der Waals surface area contributed by atoms with Crippen molar-refractivity contribution in [2.45, 2.75) is 13.3 Å². The topological polar surface area (TPSA) is 66.9 Å². The highest BCUT2D eigenvalue weighted by Crippen LogP contribution is 2.25. The van der Waals surface area contributed by atoms with Crippen LogP contribution in [0.3, 0.4) is 0 Å². The number of urea groups is 1. The molecule has 0 fully saturated rings. The van der Waals surface area contributed by atoms with Gasteiger partial charge in [0.15, 0.2) is 0 Å². The molecule has 3 rings (SSSR count). The molecule has 0 unspecified atom stereocenters. The van der Waals surface area contributed by atoms with Crippen molar-refractivity contribution in [3.8, 4) is 0 Å². The van der Waals surface area contributed by atoms with Gasteiger partial charge in [0.2, 0.25) is 5.13 Å². The van der Waals surface area contributed by atoms with Crippen LogP contribution in [0.5, 0.6) is 0 Å². The van der Waals surface area contributed by atoms with Gasteiger partial charge < -0.3 is 5.32 Å². The SMILES string of the molecule is Cc1ccc(NC(=O)Nc2nnc(Cc3ccc(Cl)cc3Cl)s2)cc1. The fourth-order valence-electron chi connectivity index (χ4n) is 2.10. The molecule has 0 atom stereocenters. The van der Waals surface area contributed by atoms with Crippen LogP contribution in [0, 0.1) is 6.92 Å². The minimum Gasteiger partial charge on any atom is -0.308 e. The highest BCUT2D eigenvalue weighted by molar-refractivity contribution is 7.15. The molecule has 5 nitrogen and oxygen atoms in total. The van der Waals surface area contributed by atoms with Gasteiger partial charge in [0.25, 0.3) is 0 Å². The molecule has 0 saturated heterocycles. The Kier molecular flexibility index (Phi) is 5.53. The zero-order chi connectivity index (χ0) is 17.8. The number of halogens is 2. The summed E-state index contributed by atoms with van der Waals surface area (Å²) in [5.74, 6) is 0. The average molecular weight is 393 g/mol. The van der Waals surface area contributed by atoms with Crippen LogP contribution in [0.4, 0.5) is 15.6 Å². The Morgan fingerprint density at radius 2 is 1.84 bits per heavy atom. The number of aryl methyl sites for hydroxylation is 1. The van der Waals surface area contributed by atoms with Gasteiger partial charge in [-0.25, -0.2) is 4.79 Å². The van der Waals surface area contributed by atoms with Crippen molar-refractivity contribution in [2.75, 3.05) is 10.6 Å². The average Bonchev–Trinajstić information content (AvgIpc) is 2.99. The van der Waals surface area contributed by atoms with Crippen LogP contribution >= 0.6 is 34.5 Å². The number of carbonyl (C=O) groups is 1. The summed E-state index contributed by atoms with van der Waals surface area (Å²) in [5.41, 5.74) is 2.74. The van der Waals surface area contributed by atoms with E-state index in [4.69, 9.17) is 23.2 Å². The van der Waals surface area contributed by atoms with Gasteiger partial charge in [-0.15, -0.1) is 10.2 Å². The predicted molar refractivity (Wildman–Crippen MR) is 103 cm³/mol. The molecule has 8 heteroatoms. The van der Waals surface area contributed by atoms with Gasteiger partial charge in [0.05, 0.1) is 0 Å². The monoisotopic (exact) mass is 392 g/mol. The van der Waals surface area contributed by atoms with Crippen molar-refractivity contribution in [1.29, 1.82) is 0 Å². The Morgan fingerprint density at radius 3 is 2.56 bits per heavy atom. The van der Waals surface area contributed by atoms with E-state index >= 15 is 0 Å². The summed E-state index contributed by atoms with van der Waals surface area (Å²) in [7, 11) is 0. The largest absolute Gasteiger partial charge is 0.325 e. The number of rotatable bonds is 4. The van der Waals surface area contributed by atoms with Gasteiger partial charge in [0.1, 0.15) is 5.01 Å². The number of carbonyl (C=O) groups excluding carboxylic acids is 1. The molecular weight excluding hydrogens is 379 g/mol. The van der Waals surface area contributed by atoms with Gasteiger partial charge >= 0.3 is 6.03 Å². The van der Waals surface area contributed by atoms with Crippen molar-refractivity contribution >= 4 is 51.4 Å². The Morgan fingerprint density at radius 1 is 1.08 bits per heavy atom. The van der Waals surface area contributed by atoms with Gasteiger partial charge in [0, 0.05) is 22.2 Å². The van der Waals surface area contributed by atoms with Crippen molar-refractivity contribution in [2.24, 2.45) is 0 Å². The molecule has 0 radical (unpaired) electrons. The number of aromatic nitrogens is 2. The Hall–Kier alpha value is -2.15. The Bertz CT molecular complexity index is 896. The molecule has 2 N–H and O–H groups in total. The highest BCUT2D eigenvalue weighted by atomic mass is 35.5. The standard InChI is InChI=1S/C17H14Cl2N4OS/c1-10-2-6-13(7-3-10)20-16(24)21-17-23-22-15(25-17)8-11-4-5-12(18)9-14(11)19/h2-7,9H,8H2,1H3,(H2,20,21,23,24). The normalized spacial score (nSPS) is 10.5. The fraction of sp³-hybridized carbons (Fsp3) is 0.118. The van der Waals surface area contributed by atoms with Gasteiger partial charge in [-0.05, 0) is 36.8 Å². The van der Waals surface area contributed by atoms with Crippen molar-refractivity contribution in [3.05, 3.63) is 68.6 Å². The lowest BCUT2D eigenvalue weighted by molar-refractivity contribution is 0.262. The fourth-order valence-corrected chi connectivity index (χ4v) is 3.33. The Labute approximate surface area is 159 Å². The van der Waals surface area contributed by atoms with Gasteiger partial charge in [-0.3, -0.25) is 5.32 Å². The summed E-state index contributed by atoms with van der Waals surface area (Å²) in [6.07, 6.45) is 0.523. The lowest BCUT2D eigenvalue weighted by atomic mass is 10.2. The van der Waals surface area contributed by atoms with E-state index in [1.165, 1.54) is 11.3 Å². The summed E-state index contributed by atoms with van der Waals surface area (Å²) >= 11 is 13.4. The molecule has 128 valence electrons. The minimum atomic E-state index is -0.365. The number of nitrogens with zero attached hydrogens (tertiary/aromatic N) is 2. The number of amides is 2. The van der Waals surface area contributed by atoms with Crippen LogP contribution in [0.25, 0.3) is 0 Å². The molecule has 2 aromatic carbocycles. The molecule has 1 aromatic heterocycles. The van der Waals surface area contributed by atoms with Crippen LogP contribution in [-0.4, -0.2) is 16.2 Å². The number of hydrogen-bond acceptors (Lipinski definition) is 4. The first-order valence-electron chi connectivity index (χ1n) is 7.40. The van der Waals surface area contributed by atoms with E-state index in [0.29, 0.717) is 27.3 Å². The van der Waals surface area contributed by atoms with Crippen LogP contribution < -0.4 is 10.6 Å². The second kappa shape index (κ2) is 7.82. The summed E-state index contributed by atoms with van der Waals surface area (Å²) in [6.45, 7) is 1.99. The lowest BCUT2D eigenvalue weighted by Crippen LogP contribution is -2.19. The summed E-state index contributed by atoms with van der Waals surface area (Å²) < 4.78 is 0. The summed E-state index contributed by atoms with van der Waals surface area (Å²) in [4.78, 5) is 12.0. The first kappa shape index (κ1) is 17.7. The second-order valence-corrected chi connectivity index (χ2v) is 7.26. The molecule has 2 amide bonds. The van der Waals surface area contributed by atoms with E-state index < -0.39 is 0 Å². The zero-order valence-electron chi connectivity index (χ0n) is 13.2. The van der Waals surface area contributed by atoms with Gasteiger partial charge in [-0.1, -0.05) is 58.3 Å². The molecule has 0 aliphatic carbocycles. The van der Waals surface area contributed by atoms with Gasteiger partial charge in [-0.2, -0.15) is 0 Å². The molecule has 3 aromatic rings. The predicted octanol–water partition coefficient (Wildman–Crippen LogP) is 5.39. The third-order valence-electron chi connectivity index (χ3n) is 3.35. The van der Waals surface area contributed by atoms with Crippen molar-refractivity contribution < 1.29 is 4.79 Å². The maximum atomic E-state index is 12.0. The maximum Gasteiger partial charge on any atom is 0.325 e. The molecule has 0 bridgehead atoms. The molecule has 0 aliphatic heterocycles. The third-order valence-corrected chi connectivity index (χ3v) is 4.78. The molecule has 25 heavy (non-hydrogen) atoms. The molecule has 0 aliphatic rings.